The lowest BCUT2D eigenvalue weighted by Crippen LogP contribution is -2.43. The van der Waals surface area contributed by atoms with Gasteiger partial charge in [-0.1, -0.05) is 35.4 Å². The van der Waals surface area contributed by atoms with Gasteiger partial charge in [0.05, 0.1) is 17.4 Å². The van der Waals surface area contributed by atoms with Gasteiger partial charge >= 0.3 is 0 Å². The van der Waals surface area contributed by atoms with Crippen molar-refractivity contribution in [3.63, 3.8) is 0 Å². The lowest BCUT2D eigenvalue weighted by atomic mass is 9.95. The largest absolute Gasteiger partial charge is 0.491 e. The molecule has 0 bridgehead atoms. The number of hydrogen-bond donors (Lipinski definition) is 3. The van der Waals surface area contributed by atoms with Crippen LogP contribution in [0.5, 0.6) is 11.5 Å². The number of thiophene rings is 1. The van der Waals surface area contributed by atoms with E-state index in [0.717, 1.165) is 39.0 Å². The summed E-state index contributed by atoms with van der Waals surface area (Å²) in [6.07, 6.45) is 0.768. The molecule has 0 spiro atoms. The van der Waals surface area contributed by atoms with Crippen LogP contribution < -0.4 is 15.2 Å². The Morgan fingerprint density at radius 2 is 1.80 bits per heavy atom. The van der Waals surface area contributed by atoms with Gasteiger partial charge < -0.3 is 20.3 Å². The van der Waals surface area contributed by atoms with E-state index in [2.05, 4.69) is 45.7 Å². The molecule has 1 aliphatic heterocycles. The van der Waals surface area contributed by atoms with Crippen molar-refractivity contribution in [1.29, 1.82) is 5.53 Å². The number of nitrogens with two attached hydrogens (primary N) is 1. The van der Waals surface area contributed by atoms with Crippen molar-refractivity contribution in [3.05, 3.63) is 82.7 Å². The Morgan fingerprint density at radius 1 is 1.07 bits per heavy atom. The summed E-state index contributed by atoms with van der Waals surface area (Å²) >= 11 is 1.69. The molecule has 1 saturated heterocycles. The van der Waals surface area contributed by atoms with Gasteiger partial charge in [-0.15, -0.1) is 22.4 Å². The number of hydrogen-bond acceptors (Lipinski definition) is 8. The van der Waals surface area contributed by atoms with Gasteiger partial charge in [-0.05, 0) is 90.7 Å². The van der Waals surface area contributed by atoms with Crippen LogP contribution in [-0.4, -0.2) is 43.1 Å². The second-order valence-corrected chi connectivity index (χ2v) is 14.5. The minimum atomic E-state index is -3.06. The van der Waals surface area contributed by atoms with Crippen LogP contribution >= 0.6 is 11.3 Å². The summed E-state index contributed by atoms with van der Waals surface area (Å²) in [5, 5.41) is 20.7. The summed E-state index contributed by atoms with van der Waals surface area (Å²) in [6.45, 7) is 4.28. The number of amidine groups is 1. The average molecular weight is 645 g/mol. The zero-order valence-corrected chi connectivity index (χ0v) is 26.9. The van der Waals surface area contributed by atoms with E-state index < -0.39 is 15.4 Å². The van der Waals surface area contributed by atoms with Crippen molar-refractivity contribution in [2.75, 3.05) is 18.1 Å². The predicted molar refractivity (Wildman–Crippen MR) is 179 cm³/mol. The van der Waals surface area contributed by atoms with Gasteiger partial charge in [0.2, 0.25) is 0 Å². The molecule has 4 aromatic rings. The molecular formula is C34H36N4O5S2. The van der Waals surface area contributed by atoms with Gasteiger partial charge in [0.15, 0.2) is 9.84 Å². The molecule has 3 aromatic carbocycles. The number of benzene rings is 3. The fourth-order valence-corrected chi connectivity index (χ4v) is 7.91. The second-order valence-electron chi connectivity index (χ2n) is 11.3. The number of aliphatic hydroxyl groups is 1. The van der Waals surface area contributed by atoms with Crippen molar-refractivity contribution in [3.8, 4) is 34.5 Å². The van der Waals surface area contributed by atoms with E-state index in [1.54, 1.807) is 18.3 Å². The smallest absolute Gasteiger partial charge is 0.150 e. The summed E-state index contributed by atoms with van der Waals surface area (Å²) in [5.74, 6) is 7.54. The molecule has 1 aromatic heterocycles. The van der Waals surface area contributed by atoms with Crippen molar-refractivity contribution < 1.29 is 23.0 Å². The first-order valence-electron chi connectivity index (χ1n) is 14.6. The monoisotopic (exact) mass is 644 g/mol. The maximum Gasteiger partial charge on any atom is 0.150 e. The highest BCUT2D eigenvalue weighted by Crippen LogP contribution is 2.38. The summed E-state index contributed by atoms with van der Waals surface area (Å²) in [4.78, 5) is 0. The van der Waals surface area contributed by atoms with Crippen molar-refractivity contribution in [2.24, 2.45) is 16.1 Å². The molecule has 0 amide bonds. The Labute approximate surface area is 267 Å². The molecule has 5 rings (SSSR count). The van der Waals surface area contributed by atoms with Gasteiger partial charge in [0.1, 0.15) is 36.1 Å². The lowest BCUT2D eigenvalue weighted by molar-refractivity contribution is -0.0128. The van der Waals surface area contributed by atoms with E-state index in [0.29, 0.717) is 18.8 Å². The summed E-state index contributed by atoms with van der Waals surface area (Å²) < 4.78 is 36.7. The number of sulfone groups is 1. The minimum Gasteiger partial charge on any atom is -0.491 e. The number of fused-ring (bicyclic) bond motifs is 1. The van der Waals surface area contributed by atoms with Gasteiger partial charge in [-0.25, -0.2) is 8.42 Å². The molecule has 2 heterocycles. The van der Waals surface area contributed by atoms with Crippen LogP contribution in [0.1, 0.15) is 48.8 Å². The molecule has 4 N–H and O–H groups in total. The fraction of sp³-hybridized carbons (Fsp3) is 0.324. The average Bonchev–Trinajstić information content (AvgIpc) is 3.44. The molecule has 1 fully saturated rings. The van der Waals surface area contributed by atoms with E-state index in [4.69, 9.17) is 20.7 Å². The van der Waals surface area contributed by atoms with E-state index in [1.165, 1.54) is 4.70 Å². The predicted octanol–water partition coefficient (Wildman–Crippen LogP) is 6.57. The molecule has 1 atom stereocenters. The highest BCUT2D eigenvalue weighted by atomic mass is 32.2. The second kappa shape index (κ2) is 13.8. The highest BCUT2D eigenvalue weighted by Gasteiger charge is 2.36. The van der Waals surface area contributed by atoms with Crippen LogP contribution in [0.3, 0.4) is 0 Å². The first kappa shape index (κ1) is 32.2. The number of aryl methyl sites for hydroxylation is 1. The SMILES string of the molecule is CC#C[C@@H](C/C(N)=N/N=N)c1ccc(OCc2ccc3scc(-c4ccc(OCC5(O)CCS(=O)(=O)CC5)cc4C)c3c2)cc1. The summed E-state index contributed by atoms with van der Waals surface area (Å²) in [5.41, 5.74) is 16.9. The van der Waals surface area contributed by atoms with Gasteiger partial charge in [-0.2, -0.15) is 5.53 Å². The molecule has 0 unspecified atom stereocenters. The first-order valence-corrected chi connectivity index (χ1v) is 17.3. The number of rotatable bonds is 11. The minimum absolute atomic E-state index is 0.0117. The van der Waals surface area contributed by atoms with Crippen LogP contribution in [0.2, 0.25) is 0 Å². The van der Waals surface area contributed by atoms with E-state index in [9.17, 15) is 13.5 Å². The van der Waals surface area contributed by atoms with Gasteiger partial charge in [0.25, 0.3) is 0 Å². The van der Waals surface area contributed by atoms with Crippen molar-refractivity contribution in [1.82, 2.24) is 0 Å². The Morgan fingerprint density at radius 3 is 2.49 bits per heavy atom. The fourth-order valence-electron chi connectivity index (χ4n) is 5.39. The Balaban J connectivity index is 1.25. The van der Waals surface area contributed by atoms with Crippen LogP contribution in [0, 0.1) is 24.3 Å². The van der Waals surface area contributed by atoms with E-state index >= 15 is 0 Å². The molecule has 9 nitrogen and oxygen atoms in total. The molecular weight excluding hydrogens is 609 g/mol. The topological polar surface area (TPSA) is 147 Å². The van der Waals surface area contributed by atoms with Crippen molar-refractivity contribution in [2.45, 2.75) is 51.2 Å². The summed E-state index contributed by atoms with van der Waals surface area (Å²) in [6, 6.07) is 20.0. The molecule has 45 heavy (non-hydrogen) atoms. The normalized spacial score (nSPS) is 16.4. The van der Waals surface area contributed by atoms with E-state index in [-0.39, 0.29) is 42.7 Å². The summed E-state index contributed by atoms with van der Waals surface area (Å²) in [7, 11) is -3.06. The van der Waals surface area contributed by atoms with Crippen LogP contribution in [0.25, 0.3) is 21.2 Å². The third-order valence-electron chi connectivity index (χ3n) is 7.99. The third kappa shape index (κ3) is 8.08. The van der Waals surface area contributed by atoms with Crippen molar-refractivity contribution >= 4 is 37.1 Å². The maximum atomic E-state index is 11.7. The molecule has 0 aliphatic carbocycles. The van der Waals surface area contributed by atoms with Crippen LogP contribution in [0.4, 0.5) is 0 Å². The van der Waals surface area contributed by atoms with Crippen LogP contribution in [-0.2, 0) is 16.4 Å². The molecule has 11 heteroatoms. The van der Waals surface area contributed by atoms with Gasteiger partial charge in [0, 0.05) is 22.1 Å². The number of nitrogens with one attached hydrogen (secondary N) is 1. The lowest BCUT2D eigenvalue weighted by Gasteiger charge is -2.31. The molecule has 234 valence electrons. The molecule has 0 radical (unpaired) electrons. The quantitative estimate of drug-likeness (QED) is 0.0553. The maximum absolute atomic E-state index is 11.7. The molecule has 1 aliphatic rings. The van der Waals surface area contributed by atoms with Crippen LogP contribution in [0.15, 0.2) is 76.4 Å². The molecule has 0 saturated carbocycles. The highest BCUT2D eigenvalue weighted by molar-refractivity contribution is 7.91. The Bertz CT molecular complexity index is 1880. The van der Waals surface area contributed by atoms with Gasteiger partial charge in [-0.3, -0.25) is 0 Å². The number of ether oxygens (including phenoxy) is 2. The third-order valence-corrected chi connectivity index (χ3v) is 10.6. The Kier molecular flexibility index (Phi) is 9.87. The standard InChI is InChI=1S/C34H36N4O5S2/c1-3-4-26(19-33(35)37-38-36)25-6-8-27(9-7-25)42-20-24-5-12-32-30(18-24)31(21-44-32)29-11-10-28(17-23(29)2)43-22-34(39)13-15-45(40,41)16-14-34/h5-12,17-18,21,26,39H,13-16,19-20,22H2,1-2H3,(H3,35,36,37)/t26-/m0/s1. The zero-order chi connectivity index (χ0) is 32.0. The zero-order valence-electron chi connectivity index (χ0n) is 25.2. The first-order chi connectivity index (χ1) is 21.6. The van der Waals surface area contributed by atoms with E-state index in [1.807, 2.05) is 49.4 Å². The number of nitrogens with zero attached hydrogens (tertiary/aromatic N) is 2. The Hall–Kier alpha value is -4.24.